The van der Waals surface area contributed by atoms with Crippen molar-refractivity contribution in [1.29, 1.82) is 0 Å². The summed E-state index contributed by atoms with van der Waals surface area (Å²) in [4.78, 5) is 34.0. The van der Waals surface area contributed by atoms with Crippen molar-refractivity contribution in [2.75, 3.05) is 11.1 Å². The molecule has 0 saturated carbocycles. The highest BCUT2D eigenvalue weighted by Gasteiger charge is 2.14. The fourth-order valence-corrected chi connectivity index (χ4v) is 3.20. The highest BCUT2D eigenvalue weighted by molar-refractivity contribution is 9.10. The van der Waals surface area contributed by atoms with Crippen LogP contribution in [0.3, 0.4) is 0 Å². The monoisotopic (exact) mass is 429 g/mol. The zero-order valence-electron chi connectivity index (χ0n) is 13.3. The summed E-state index contributed by atoms with van der Waals surface area (Å²) in [6.45, 7) is 2.57. The molecular formula is C14H16BrN5O4S. The number of nitro groups is 1. The third-order valence-electron chi connectivity index (χ3n) is 3.23. The molecule has 0 bridgehead atoms. The third-order valence-corrected chi connectivity index (χ3v) is 4.86. The molecule has 2 rings (SSSR count). The predicted octanol–water partition coefficient (Wildman–Crippen LogP) is 2.77. The van der Waals surface area contributed by atoms with Crippen molar-refractivity contribution in [2.24, 2.45) is 0 Å². The quantitative estimate of drug-likeness (QED) is 0.377. The summed E-state index contributed by atoms with van der Waals surface area (Å²) in [6, 6.07) is 4.08. The second-order valence-corrected chi connectivity index (χ2v) is 6.87. The Morgan fingerprint density at radius 1 is 1.52 bits per heavy atom. The first-order valence-electron chi connectivity index (χ1n) is 7.44. The van der Waals surface area contributed by atoms with Crippen LogP contribution in [0.25, 0.3) is 0 Å². The molecule has 134 valence electrons. The number of unbranched alkanes of at least 4 members (excludes halogenated alkanes) is 1. The normalized spacial score (nSPS) is 10.6. The van der Waals surface area contributed by atoms with E-state index in [-0.39, 0.29) is 23.0 Å². The minimum Gasteiger partial charge on any atom is -0.324 e. The molecule has 11 heteroatoms. The minimum atomic E-state index is -0.515. The SMILES string of the molecule is CCCCn1c(SCC(=O)Nc2ccc([N+](=O)[O-])cc2Br)n[nH]c1=O. The molecule has 2 N–H and O–H groups in total. The van der Waals surface area contributed by atoms with Gasteiger partial charge in [0.2, 0.25) is 5.91 Å². The summed E-state index contributed by atoms with van der Waals surface area (Å²) in [5, 5.41) is 20.1. The van der Waals surface area contributed by atoms with E-state index in [0.29, 0.717) is 21.9 Å². The first-order chi connectivity index (χ1) is 11.9. The van der Waals surface area contributed by atoms with Crippen molar-refractivity contribution in [3.05, 3.63) is 43.3 Å². The average Bonchev–Trinajstić information content (AvgIpc) is 2.92. The maximum absolute atomic E-state index is 12.1. The number of hydrogen-bond acceptors (Lipinski definition) is 6. The number of nitrogens with zero attached hydrogens (tertiary/aromatic N) is 3. The molecule has 1 heterocycles. The molecule has 2 aromatic rings. The first kappa shape index (κ1) is 19.2. The van der Waals surface area contributed by atoms with Crippen LogP contribution in [-0.4, -0.2) is 31.3 Å². The van der Waals surface area contributed by atoms with Gasteiger partial charge in [-0.3, -0.25) is 19.5 Å². The van der Waals surface area contributed by atoms with Crippen molar-refractivity contribution in [1.82, 2.24) is 14.8 Å². The number of H-pyrrole nitrogens is 1. The lowest BCUT2D eigenvalue weighted by Gasteiger charge is -2.07. The van der Waals surface area contributed by atoms with Gasteiger partial charge in [-0.25, -0.2) is 9.89 Å². The van der Waals surface area contributed by atoms with E-state index >= 15 is 0 Å². The molecule has 0 spiro atoms. The Kier molecular flexibility index (Phi) is 6.76. The molecule has 0 atom stereocenters. The van der Waals surface area contributed by atoms with E-state index in [0.717, 1.165) is 24.6 Å². The average molecular weight is 430 g/mol. The number of rotatable bonds is 8. The molecule has 25 heavy (non-hydrogen) atoms. The molecule has 0 radical (unpaired) electrons. The second-order valence-electron chi connectivity index (χ2n) is 5.07. The molecule has 0 aliphatic rings. The van der Waals surface area contributed by atoms with E-state index in [1.54, 1.807) is 0 Å². The van der Waals surface area contributed by atoms with E-state index in [4.69, 9.17) is 0 Å². The Hall–Kier alpha value is -2.14. The number of nitro benzene ring substituents is 1. The number of aromatic amines is 1. The fourth-order valence-electron chi connectivity index (χ4n) is 1.96. The van der Waals surface area contributed by atoms with Gasteiger partial charge in [-0.1, -0.05) is 25.1 Å². The minimum absolute atomic E-state index is 0.0554. The van der Waals surface area contributed by atoms with E-state index in [2.05, 4.69) is 31.4 Å². The number of amides is 1. The third kappa shape index (κ3) is 5.16. The highest BCUT2D eigenvalue weighted by atomic mass is 79.9. The number of non-ortho nitro benzene ring substituents is 1. The van der Waals surface area contributed by atoms with E-state index in [9.17, 15) is 19.7 Å². The van der Waals surface area contributed by atoms with Crippen molar-refractivity contribution in [3.8, 4) is 0 Å². The van der Waals surface area contributed by atoms with Crippen LogP contribution >= 0.6 is 27.7 Å². The first-order valence-corrected chi connectivity index (χ1v) is 9.22. The predicted molar refractivity (Wildman–Crippen MR) is 97.9 cm³/mol. The molecule has 1 aromatic heterocycles. The standard InChI is InChI=1S/C14H16BrN5O4S/c1-2-3-6-19-13(22)17-18-14(19)25-8-12(21)16-11-5-4-9(20(23)24)7-10(11)15/h4-5,7H,2-3,6,8H2,1H3,(H,16,21)(H,17,22). The lowest BCUT2D eigenvalue weighted by molar-refractivity contribution is -0.384. The highest BCUT2D eigenvalue weighted by Crippen LogP contribution is 2.27. The summed E-state index contributed by atoms with van der Waals surface area (Å²) in [7, 11) is 0. The van der Waals surface area contributed by atoms with Gasteiger partial charge in [0, 0.05) is 23.2 Å². The molecule has 0 unspecified atom stereocenters. The van der Waals surface area contributed by atoms with Crippen LogP contribution in [0.5, 0.6) is 0 Å². The number of benzene rings is 1. The number of carbonyl (C=O) groups is 1. The van der Waals surface area contributed by atoms with Gasteiger partial charge >= 0.3 is 5.69 Å². The molecule has 0 fully saturated rings. The summed E-state index contributed by atoms with van der Waals surface area (Å²) >= 11 is 4.34. The number of hydrogen-bond donors (Lipinski definition) is 2. The Bertz CT molecular complexity index is 835. The lowest BCUT2D eigenvalue weighted by Crippen LogP contribution is -2.19. The van der Waals surface area contributed by atoms with E-state index in [1.165, 1.54) is 22.8 Å². The number of thioether (sulfide) groups is 1. The Morgan fingerprint density at radius 2 is 2.28 bits per heavy atom. The Balaban J connectivity index is 1.98. The van der Waals surface area contributed by atoms with Crippen LogP contribution in [0.15, 0.2) is 32.6 Å². The molecule has 0 aliphatic carbocycles. The van der Waals surface area contributed by atoms with Gasteiger partial charge in [-0.15, -0.1) is 5.10 Å². The van der Waals surface area contributed by atoms with E-state index < -0.39 is 4.92 Å². The number of aromatic nitrogens is 3. The molecule has 0 saturated heterocycles. The molecule has 0 aliphatic heterocycles. The second kappa shape index (κ2) is 8.81. The maximum atomic E-state index is 12.1. The van der Waals surface area contributed by atoms with Crippen LogP contribution in [0, 0.1) is 10.1 Å². The van der Waals surface area contributed by atoms with Crippen molar-refractivity contribution >= 4 is 45.0 Å². The summed E-state index contributed by atoms with van der Waals surface area (Å²) in [6.07, 6.45) is 1.78. The molecular weight excluding hydrogens is 414 g/mol. The van der Waals surface area contributed by atoms with Gasteiger partial charge in [0.1, 0.15) is 0 Å². The van der Waals surface area contributed by atoms with Gasteiger partial charge in [-0.2, -0.15) is 0 Å². The number of nitrogens with one attached hydrogen (secondary N) is 2. The van der Waals surface area contributed by atoms with Gasteiger partial charge in [-0.05, 0) is 28.4 Å². The Morgan fingerprint density at radius 3 is 2.92 bits per heavy atom. The summed E-state index contributed by atoms with van der Waals surface area (Å²) in [5.74, 6) is -0.253. The van der Waals surface area contributed by atoms with Crippen LogP contribution in [-0.2, 0) is 11.3 Å². The molecule has 1 amide bonds. The lowest BCUT2D eigenvalue weighted by atomic mass is 10.3. The van der Waals surface area contributed by atoms with Crippen LogP contribution in [0.4, 0.5) is 11.4 Å². The van der Waals surface area contributed by atoms with Gasteiger partial charge in [0.25, 0.3) is 5.69 Å². The number of anilines is 1. The topological polar surface area (TPSA) is 123 Å². The van der Waals surface area contributed by atoms with Crippen molar-refractivity contribution < 1.29 is 9.72 Å². The summed E-state index contributed by atoms with van der Waals surface area (Å²) in [5.41, 5.74) is 0.0618. The van der Waals surface area contributed by atoms with Crippen LogP contribution in [0.1, 0.15) is 19.8 Å². The summed E-state index contributed by atoms with van der Waals surface area (Å²) < 4.78 is 1.92. The molecule has 1 aromatic carbocycles. The van der Waals surface area contributed by atoms with Gasteiger partial charge in [0.05, 0.1) is 16.4 Å². The molecule has 9 nitrogen and oxygen atoms in total. The maximum Gasteiger partial charge on any atom is 0.343 e. The van der Waals surface area contributed by atoms with Gasteiger partial charge in [0.15, 0.2) is 5.16 Å². The number of halogens is 1. The smallest absolute Gasteiger partial charge is 0.324 e. The fraction of sp³-hybridized carbons (Fsp3) is 0.357. The largest absolute Gasteiger partial charge is 0.343 e. The number of carbonyl (C=O) groups excluding carboxylic acids is 1. The van der Waals surface area contributed by atoms with Crippen LogP contribution < -0.4 is 11.0 Å². The zero-order chi connectivity index (χ0) is 18.4. The van der Waals surface area contributed by atoms with E-state index in [1.807, 2.05) is 6.92 Å². The van der Waals surface area contributed by atoms with Gasteiger partial charge < -0.3 is 5.32 Å². The zero-order valence-corrected chi connectivity index (χ0v) is 15.7. The van der Waals surface area contributed by atoms with Crippen molar-refractivity contribution in [3.63, 3.8) is 0 Å². The van der Waals surface area contributed by atoms with Crippen molar-refractivity contribution in [2.45, 2.75) is 31.5 Å². The van der Waals surface area contributed by atoms with Crippen LogP contribution in [0.2, 0.25) is 0 Å². The Labute approximate surface area is 155 Å².